The molecular formula is C11H23NO2. The largest absolute Gasteiger partial charge is 0.381 e. The SMILES string of the molecule is CCC(C)CC(C)NC(=O)C(C)(C)O. The highest BCUT2D eigenvalue weighted by atomic mass is 16.3. The number of nitrogens with one attached hydrogen (secondary N) is 1. The average molecular weight is 201 g/mol. The molecule has 0 aromatic heterocycles. The van der Waals surface area contributed by atoms with Crippen LogP contribution in [-0.2, 0) is 4.79 Å². The van der Waals surface area contributed by atoms with Crippen LogP contribution >= 0.6 is 0 Å². The van der Waals surface area contributed by atoms with E-state index in [0.29, 0.717) is 5.92 Å². The van der Waals surface area contributed by atoms with Gasteiger partial charge in [-0.3, -0.25) is 4.79 Å². The second kappa shape index (κ2) is 5.35. The van der Waals surface area contributed by atoms with Gasteiger partial charge in [0.1, 0.15) is 5.60 Å². The average Bonchev–Trinajstić information content (AvgIpc) is 2.02. The lowest BCUT2D eigenvalue weighted by atomic mass is 9.99. The molecule has 0 rings (SSSR count). The molecule has 0 aromatic rings. The summed E-state index contributed by atoms with van der Waals surface area (Å²) in [7, 11) is 0. The van der Waals surface area contributed by atoms with Crippen LogP contribution in [0, 0.1) is 5.92 Å². The van der Waals surface area contributed by atoms with Crippen LogP contribution in [0.4, 0.5) is 0 Å². The molecule has 0 heterocycles. The Hall–Kier alpha value is -0.570. The van der Waals surface area contributed by atoms with Gasteiger partial charge in [-0.25, -0.2) is 0 Å². The maximum Gasteiger partial charge on any atom is 0.251 e. The molecule has 0 aromatic carbocycles. The molecule has 3 heteroatoms. The van der Waals surface area contributed by atoms with E-state index >= 15 is 0 Å². The minimum atomic E-state index is -1.27. The number of aliphatic hydroxyl groups is 1. The van der Waals surface area contributed by atoms with Crippen molar-refractivity contribution in [3.63, 3.8) is 0 Å². The Morgan fingerprint density at radius 1 is 1.43 bits per heavy atom. The second-order valence-electron chi connectivity index (χ2n) is 4.68. The van der Waals surface area contributed by atoms with Gasteiger partial charge in [-0.05, 0) is 33.1 Å². The summed E-state index contributed by atoms with van der Waals surface area (Å²) in [6, 6.07) is 0.129. The maximum absolute atomic E-state index is 11.4. The van der Waals surface area contributed by atoms with Crippen molar-refractivity contribution in [2.45, 2.75) is 59.1 Å². The van der Waals surface area contributed by atoms with Crippen LogP contribution in [0.1, 0.15) is 47.5 Å². The molecule has 0 radical (unpaired) electrons. The van der Waals surface area contributed by atoms with Crippen molar-refractivity contribution >= 4 is 5.91 Å². The third-order valence-corrected chi connectivity index (χ3v) is 2.39. The van der Waals surface area contributed by atoms with Crippen molar-refractivity contribution in [2.24, 2.45) is 5.92 Å². The Morgan fingerprint density at radius 3 is 2.29 bits per heavy atom. The van der Waals surface area contributed by atoms with Crippen LogP contribution in [0.2, 0.25) is 0 Å². The topological polar surface area (TPSA) is 49.3 Å². The molecule has 3 nitrogen and oxygen atoms in total. The van der Waals surface area contributed by atoms with E-state index in [2.05, 4.69) is 19.2 Å². The van der Waals surface area contributed by atoms with Crippen molar-refractivity contribution in [3.8, 4) is 0 Å². The Kier molecular flexibility index (Phi) is 5.13. The fourth-order valence-electron chi connectivity index (χ4n) is 1.23. The highest BCUT2D eigenvalue weighted by Gasteiger charge is 2.24. The Balaban J connectivity index is 3.95. The molecule has 2 N–H and O–H groups in total. The van der Waals surface area contributed by atoms with Crippen LogP contribution in [0.25, 0.3) is 0 Å². The molecule has 0 aliphatic carbocycles. The molecule has 2 unspecified atom stereocenters. The van der Waals surface area contributed by atoms with E-state index < -0.39 is 5.60 Å². The standard InChI is InChI=1S/C11H23NO2/c1-6-8(2)7-9(3)12-10(13)11(4,5)14/h8-9,14H,6-7H2,1-5H3,(H,12,13). The lowest BCUT2D eigenvalue weighted by molar-refractivity contribution is -0.137. The van der Waals surface area contributed by atoms with E-state index in [1.165, 1.54) is 13.8 Å². The van der Waals surface area contributed by atoms with Crippen molar-refractivity contribution in [3.05, 3.63) is 0 Å². The zero-order chi connectivity index (χ0) is 11.4. The van der Waals surface area contributed by atoms with Gasteiger partial charge in [0.15, 0.2) is 0 Å². The van der Waals surface area contributed by atoms with Crippen molar-refractivity contribution < 1.29 is 9.90 Å². The van der Waals surface area contributed by atoms with E-state index in [-0.39, 0.29) is 11.9 Å². The molecule has 0 aliphatic heterocycles. The molecule has 0 saturated carbocycles. The fraction of sp³-hybridized carbons (Fsp3) is 0.909. The summed E-state index contributed by atoms with van der Waals surface area (Å²) in [5, 5.41) is 12.2. The van der Waals surface area contributed by atoms with Gasteiger partial charge in [-0.1, -0.05) is 20.3 Å². The van der Waals surface area contributed by atoms with Crippen molar-refractivity contribution in [2.75, 3.05) is 0 Å². The number of amides is 1. The molecule has 84 valence electrons. The van der Waals surface area contributed by atoms with E-state index in [9.17, 15) is 9.90 Å². The highest BCUT2D eigenvalue weighted by molar-refractivity contribution is 5.84. The first-order valence-electron chi connectivity index (χ1n) is 5.30. The van der Waals surface area contributed by atoms with Crippen LogP contribution in [0.5, 0.6) is 0 Å². The van der Waals surface area contributed by atoms with Gasteiger partial charge in [0, 0.05) is 6.04 Å². The van der Waals surface area contributed by atoms with Crippen molar-refractivity contribution in [1.82, 2.24) is 5.32 Å². The molecule has 14 heavy (non-hydrogen) atoms. The molecule has 1 amide bonds. The Morgan fingerprint density at radius 2 is 1.93 bits per heavy atom. The summed E-state index contributed by atoms with van der Waals surface area (Å²) in [6.07, 6.45) is 2.07. The van der Waals surface area contributed by atoms with Crippen LogP contribution in [0.3, 0.4) is 0 Å². The number of carbonyl (C=O) groups excluding carboxylic acids is 1. The molecule has 2 atom stereocenters. The van der Waals surface area contributed by atoms with Crippen LogP contribution in [0.15, 0.2) is 0 Å². The normalized spacial score (nSPS) is 16.1. The third-order valence-electron chi connectivity index (χ3n) is 2.39. The van der Waals surface area contributed by atoms with Crippen LogP contribution in [-0.4, -0.2) is 22.7 Å². The number of carbonyl (C=O) groups is 1. The van der Waals surface area contributed by atoms with Gasteiger partial charge in [0.25, 0.3) is 5.91 Å². The molecule has 0 spiro atoms. The predicted molar refractivity (Wildman–Crippen MR) is 58.0 cm³/mol. The zero-order valence-electron chi connectivity index (χ0n) is 9.92. The summed E-state index contributed by atoms with van der Waals surface area (Å²) in [4.78, 5) is 11.4. The first-order valence-corrected chi connectivity index (χ1v) is 5.30. The Labute approximate surface area is 86.9 Å². The van der Waals surface area contributed by atoms with E-state index in [1.54, 1.807) is 0 Å². The monoisotopic (exact) mass is 201 g/mol. The molecule has 0 aliphatic rings. The minimum absolute atomic E-state index is 0.129. The van der Waals surface area contributed by atoms with Gasteiger partial charge >= 0.3 is 0 Å². The third kappa shape index (κ3) is 5.22. The molecule has 0 saturated heterocycles. The van der Waals surface area contributed by atoms with Gasteiger partial charge in [-0.2, -0.15) is 0 Å². The smallest absolute Gasteiger partial charge is 0.251 e. The van der Waals surface area contributed by atoms with Gasteiger partial charge < -0.3 is 10.4 Å². The van der Waals surface area contributed by atoms with E-state index in [4.69, 9.17) is 0 Å². The maximum atomic E-state index is 11.4. The van der Waals surface area contributed by atoms with E-state index in [0.717, 1.165) is 12.8 Å². The molecule has 0 fully saturated rings. The summed E-state index contributed by atoms with van der Waals surface area (Å²) >= 11 is 0. The molecule has 0 bridgehead atoms. The number of hydrogen-bond acceptors (Lipinski definition) is 2. The molecular weight excluding hydrogens is 178 g/mol. The lowest BCUT2D eigenvalue weighted by Crippen LogP contribution is -2.46. The van der Waals surface area contributed by atoms with E-state index in [1.807, 2.05) is 6.92 Å². The minimum Gasteiger partial charge on any atom is -0.381 e. The number of rotatable bonds is 5. The van der Waals surface area contributed by atoms with Gasteiger partial charge in [-0.15, -0.1) is 0 Å². The first-order chi connectivity index (χ1) is 6.27. The fourth-order valence-corrected chi connectivity index (χ4v) is 1.23. The van der Waals surface area contributed by atoms with Gasteiger partial charge in [0.2, 0.25) is 0 Å². The van der Waals surface area contributed by atoms with Gasteiger partial charge in [0.05, 0.1) is 0 Å². The summed E-state index contributed by atoms with van der Waals surface area (Å²) in [5.74, 6) is 0.306. The Bertz CT molecular complexity index is 184. The summed E-state index contributed by atoms with van der Waals surface area (Å²) in [6.45, 7) is 9.26. The second-order valence-corrected chi connectivity index (χ2v) is 4.68. The summed E-state index contributed by atoms with van der Waals surface area (Å²) < 4.78 is 0. The zero-order valence-corrected chi connectivity index (χ0v) is 9.92. The quantitative estimate of drug-likeness (QED) is 0.711. The van der Waals surface area contributed by atoms with Crippen LogP contribution < -0.4 is 5.32 Å². The highest BCUT2D eigenvalue weighted by Crippen LogP contribution is 2.10. The number of hydrogen-bond donors (Lipinski definition) is 2. The summed E-state index contributed by atoms with van der Waals surface area (Å²) in [5.41, 5.74) is -1.27. The predicted octanol–water partition coefficient (Wildman–Crippen LogP) is 1.70. The van der Waals surface area contributed by atoms with Crippen molar-refractivity contribution in [1.29, 1.82) is 0 Å². The first kappa shape index (κ1) is 13.4. The lowest BCUT2D eigenvalue weighted by Gasteiger charge is -2.22.